The van der Waals surface area contributed by atoms with E-state index >= 15 is 0 Å². The molecule has 112 valence electrons. The number of methoxy groups -OCH3 is 1. The third-order valence-electron chi connectivity index (χ3n) is 2.97. The van der Waals surface area contributed by atoms with Gasteiger partial charge in [-0.3, -0.25) is 10.1 Å². The lowest BCUT2D eigenvalue weighted by Gasteiger charge is -2.23. The van der Waals surface area contributed by atoms with Crippen LogP contribution in [0.5, 0.6) is 5.75 Å². The summed E-state index contributed by atoms with van der Waals surface area (Å²) in [7, 11) is 1.61. The Hall–Kier alpha value is -1.82. The van der Waals surface area contributed by atoms with Crippen LogP contribution >= 0.6 is 0 Å². The van der Waals surface area contributed by atoms with Gasteiger partial charge in [0, 0.05) is 7.11 Å². The van der Waals surface area contributed by atoms with Gasteiger partial charge in [-0.2, -0.15) is 0 Å². The third-order valence-corrected chi connectivity index (χ3v) is 2.97. The van der Waals surface area contributed by atoms with Gasteiger partial charge in [0.25, 0.3) is 0 Å². The Bertz CT molecular complexity index is 449. The lowest BCUT2D eigenvalue weighted by molar-refractivity contribution is -0.385. The van der Waals surface area contributed by atoms with Crippen LogP contribution in [0, 0.1) is 16.0 Å². The van der Waals surface area contributed by atoms with Crippen molar-refractivity contribution in [3.63, 3.8) is 0 Å². The molecule has 0 saturated carbocycles. The highest BCUT2D eigenvalue weighted by molar-refractivity contribution is 5.68. The fourth-order valence-corrected chi connectivity index (χ4v) is 1.88. The maximum Gasteiger partial charge on any atom is 0.333 e. The van der Waals surface area contributed by atoms with Crippen molar-refractivity contribution in [1.82, 2.24) is 0 Å². The minimum atomic E-state index is -0.419. The highest BCUT2D eigenvalue weighted by Gasteiger charge is 2.23. The van der Waals surface area contributed by atoms with Crippen LogP contribution in [0.25, 0.3) is 0 Å². The van der Waals surface area contributed by atoms with Crippen molar-refractivity contribution in [2.24, 2.45) is 5.92 Å². The number of nitrogens with zero attached hydrogens (tertiary/aromatic N) is 1. The molecule has 1 rings (SSSR count). The number of anilines is 1. The summed E-state index contributed by atoms with van der Waals surface area (Å²) >= 11 is 0. The summed E-state index contributed by atoms with van der Waals surface area (Å²) in [4.78, 5) is 10.9. The second kappa shape index (κ2) is 7.69. The number of hydrogen-bond acceptors (Lipinski definition) is 5. The van der Waals surface area contributed by atoms with Crippen molar-refractivity contribution in [2.75, 3.05) is 25.6 Å². The van der Waals surface area contributed by atoms with Gasteiger partial charge < -0.3 is 14.8 Å². The summed E-state index contributed by atoms with van der Waals surface area (Å²) in [5, 5.41) is 14.5. The van der Waals surface area contributed by atoms with E-state index in [1.807, 2.05) is 13.8 Å². The van der Waals surface area contributed by atoms with E-state index in [1.54, 1.807) is 32.2 Å². The van der Waals surface area contributed by atoms with Gasteiger partial charge in [0.1, 0.15) is 5.69 Å². The molecule has 0 aromatic heterocycles. The highest BCUT2D eigenvalue weighted by Crippen LogP contribution is 2.35. The predicted molar refractivity (Wildman–Crippen MR) is 78.4 cm³/mol. The van der Waals surface area contributed by atoms with Crippen LogP contribution < -0.4 is 10.1 Å². The Morgan fingerprint density at radius 3 is 2.60 bits per heavy atom. The molecule has 0 bridgehead atoms. The number of ether oxygens (including phenoxy) is 2. The first-order valence-electron chi connectivity index (χ1n) is 6.66. The Balaban J connectivity index is 3.09. The van der Waals surface area contributed by atoms with E-state index in [0.29, 0.717) is 18.9 Å². The standard InChI is InChI=1S/C14H22N2O4/c1-5-20-13-8-6-7-11(14(13)16(17)18)15-12(9-19-4)10(2)3/h6-8,10,12,15H,5,9H2,1-4H3. The Morgan fingerprint density at radius 1 is 1.40 bits per heavy atom. The first-order valence-corrected chi connectivity index (χ1v) is 6.66. The lowest BCUT2D eigenvalue weighted by atomic mass is 10.0. The summed E-state index contributed by atoms with van der Waals surface area (Å²) in [5.41, 5.74) is 0.424. The molecule has 1 aromatic rings. The zero-order valence-electron chi connectivity index (χ0n) is 12.4. The molecule has 0 spiro atoms. The average molecular weight is 282 g/mol. The van der Waals surface area contributed by atoms with Crippen molar-refractivity contribution in [1.29, 1.82) is 0 Å². The van der Waals surface area contributed by atoms with Crippen LogP contribution in [0.2, 0.25) is 0 Å². The molecule has 0 aliphatic rings. The molecular weight excluding hydrogens is 260 g/mol. The third kappa shape index (κ3) is 4.09. The minimum absolute atomic E-state index is 0.00410. The van der Waals surface area contributed by atoms with Gasteiger partial charge in [-0.25, -0.2) is 0 Å². The molecule has 0 aliphatic heterocycles. The van der Waals surface area contributed by atoms with E-state index in [1.165, 1.54) is 0 Å². The van der Waals surface area contributed by atoms with Crippen molar-refractivity contribution >= 4 is 11.4 Å². The predicted octanol–water partition coefficient (Wildman–Crippen LogP) is 3.08. The van der Waals surface area contributed by atoms with Crippen molar-refractivity contribution in [3.05, 3.63) is 28.3 Å². The number of para-hydroxylation sites is 1. The fourth-order valence-electron chi connectivity index (χ4n) is 1.88. The zero-order valence-corrected chi connectivity index (χ0v) is 12.4. The minimum Gasteiger partial charge on any atom is -0.487 e. The molecule has 1 N–H and O–H groups in total. The van der Waals surface area contributed by atoms with Gasteiger partial charge in [-0.1, -0.05) is 19.9 Å². The smallest absolute Gasteiger partial charge is 0.333 e. The first kappa shape index (κ1) is 16.2. The maximum atomic E-state index is 11.3. The largest absolute Gasteiger partial charge is 0.487 e. The average Bonchev–Trinajstić information content (AvgIpc) is 2.38. The fraction of sp³-hybridized carbons (Fsp3) is 0.571. The SMILES string of the molecule is CCOc1cccc(NC(COC)C(C)C)c1[N+](=O)[O-]. The molecule has 0 heterocycles. The monoisotopic (exact) mass is 282 g/mol. The second-order valence-corrected chi connectivity index (χ2v) is 4.79. The molecule has 1 unspecified atom stereocenters. The maximum absolute atomic E-state index is 11.3. The van der Waals surface area contributed by atoms with E-state index in [-0.39, 0.29) is 23.4 Å². The molecule has 0 radical (unpaired) electrons. The van der Waals surface area contributed by atoms with Gasteiger partial charge >= 0.3 is 5.69 Å². The van der Waals surface area contributed by atoms with E-state index in [4.69, 9.17) is 9.47 Å². The number of hydrogen-bond donors (Lipinski definition) is 1. The van der Waals surface area contributed by atoms with Gasteiger partial charge in [-0.15, -0.1) is 0 Å². The van der Waals surface area contributed by atoms with E-state index in [2.05, 4.69) is 5.32 Å². The molecule has 20 heavy (non-hydrogen) atoms. The molecule has 6 nitrogen and oxygen atoms in total. The molecule has 0 aliphatic carbocycles. The second-order valence-electron chi connectivity index (χ2n) is 4.79. The zero-order chi connectivity index (χ0) is 15.1. The highest BCUT2D eigenvalue weighted by atomic mass is 16.6. The Morgan fingerprint density at radius 2 is 2.10 bits per heavy atom. The Labute approximate surface area is 119 Å². The first-order chi connectivity index (χ1) is 9.51. The molecule has 0 amide bonds. The lowest BCUT2D eigenvalue weighted by Crippen LogP contribution is -2.30. The van der Waals surface area contributed by atoms with Crippen LogP contribution in [0.1, 0.15) is 20.8 Å². The summed E-state index contributed by atoms with van der Waals surface area (Å²) in [6.07, 6.45) is 0. The number of nitro benzene ring substituents is 1. The van der Waals surface area contributed by atoms with Crippen LogP contribution in [0.4, 0.5) is 11.4 Å². The molecule has 6 heteroatoms. The quantitative estimate of drug-likeness (QED) is 0.586. The van der Waals surface area contributed by atoms with Crippen molar-refractivity contribution in [3.8, 4) is 5.75 Å². The van der Waals surface area contributed by atoms with Crippen molar-refractivity contribution < 1.29 is 14.4 Å². The Kier molecular flexibility index (Phi) is 6.24. The van der Waals surface area contributed by atoms with Crippen LogP contribution in [-0.4, -0.2) is 31.3 Å². The number of benzene rings is 1. The summed E-state index contributed by atoms with van der Waals surface area (Å²) in [6, 6.07) is 5.03. The van der Waals surface area contributed by atoms with Crippen LogP contribution in [0.3, 0.4) is 0 Å². The van der Waals surface area contributed by atoms with Crippen LogP contribution in [0.15, 0.2) is 18.2 Å². The van der Waals surface area contributed by atoms with E-state index in [9.17, 15) is 10.1 Å². The molecular formula is C14H22N2O4. The van der Waals surface area contributed by atoms with E-state index in [0.717, 1.165) is 0 Å². The summed E-state index contributed by atoms with van der Waals surface area (Å²) < 4.78 is 10.5. The summed E-state index contributed by atoms with van der Waals surface area (Å²) in [6.45, 7) is 6.74. The van der Waals surface area contributed by atoms with Gasteiger partial charge in [0.2, 0.25) is 0 Å². The molecule has 0 fully saturated rings. The van der Waals surface area contributed by atoms with E-state index < -0.39 is 4.92 Å². The number of nitro groups is 1. The van der Waals surface area contributed by atoms with Gasteiger partial charge in [0.05, 0.1) is 24.2 Å². The normalized spacial score (nSPS) is 12.2. The number of nitrogens with one attached hydrogen (secondary N) is 1. The topological polar surface area (TPSA) is 73.6 Å². The summed E-state index contributed by atoms with van der Waals surface area (Å²) in [5.74, 6) is 0.563. The molecule has 0 saturated heterocycles. The van der Waals surface area contributed by atoms with Gasteiger partial charge in [0.15, 0.2) is 5.75 Å². The number of rotatable bonds is 8. The molecule has 1 atom stereocenters. The van der Waals surface area contributed by atoms with Crippen molar-refractivity contribution in [2.45, 2.75) is 26.8 Å². The van der Waals surface area contributed by atoms with Gasteiger partial charge in [-0.05, 0) is 25.0 Å². The van der Waals surface area contributed by atoms with Crippen LogP contribution in [-0.2, 0) is 4.74 Å². The molecule has 1 aromatic carbocycles.